The van der Waals surface area contributed by atoms with E-state index in [0.717, 1.165) is 10.2 Å². The van der Waals surface area contributed by atoms with Crippen molar-refractivity contribution in [1.29, 1.82) is 0 Å². The second kappa shape index (κ2) is 9.07. The zero-order chi connectivity index (χ0) is 18.4. The van der Waals surface area contributed by atoms with Gasteiger partial charge in [-0.15, -0.1) is 11.3 Å². The summed E-state index contributed by atoms with van der Waals surface area (Å²) < 4.78 is 0.827. The SMILES string of the molecule is Cc1csc(NC(=O)CN(CCN(C)C)C(=O)c2cccc(Br)c2)n1. The molecule has 134 valence electrons. The number of benzene rings is 1. The van der Waals surface area contributed by atoms with Crippen molar-refractivity contribution < 1.29 is 9.59 Å². The lowest BCUT2D eigenvalue weighted by Gasteiger charge is -2.24. The van der Waals surface area contributed by atoms with Crippen molar-refractivity contribution >= 4 is 44.2 Å². The summed E-state index contributed by atoms with van der Waals surface area (Å²) in [6.07, 6.45) is 0. The molecule has 0 atom stereocenters. The third-order valence-corrected chi connectivity index (χ3v) is 4.74. The Morgan fingerprint density at radius 2 is 2.04 bits per heavy atom. The normalized spacial score (nSPS) is 10.8. The molecular formula is C17H21BrN4O2S. The molecule has 1 N–H and O–H groups in total. The molecule has 2 rings (SSSR count). The lowest BCUT2D eigenvalue weighted by molar-refractivity contribution is -0.116. The van der Waals surface area contributed by atoms with E-state index in [1.54, 1.807) is 23.1 Å². The van der Waals surface area contributed by atoms with E-state index in [0.29, 0.717) is 23.8 Å². The van der Waals surface area contributed by atoms with Crippen molar-refractivity contribution in [3.63, 3.8) is 0 Å². The van der Waals surface area contributed by atoms with Crippen molar-refractivity contribution in [2.24, 2.45) is 0 Å². The Morgan fingerprint density at radius 1 is 1.28 bits per heavy atom. The molecule has 2 amide bonds. The summed E-state index contributed by atoms with van der Waals surface area (Å²) in [6, 6.07) is 7.17. The average molecular weight is 425 g/mol. The first-order valence-corrected chi connectivity index (χ1v) is 9.44. The second-order valence-electron chi connectivity index (χ2n) is 5.88. The van der Waals surface area contributed by atoms with Crippen LogP contribution in [0.15, 0.2) is 34.1 Å². The Morgan fingerprint density at radius 3 is 2.64 bits per heavy atom. The first-order valence-electron chi connectivity index (χ1n) is 7.76. The lowest BCUT2D eigenvalue weighted by Crippen LogP contribution is -2.41. The van der Waals surface area contributed by atoms with Gasteiger partial charge in [0.2, 0.25) is 5.91 Å². The van der Waals surface area contributed by atoms with Gasteiger partial charge in [-0.3, -0.25) is 9.59 Å². The number of likely N-dealkylation sites (N-methyl/N-ethyl adjacent to an activating group) is 1. The van der Waals surface area contributed by atoms with E-state index >= 15 is 0 Å². The first kappa shape index (κ1) is 19.6. The average Bonchev–Trinajstić information content (AvgIpc) is 2.95. The van der Waals surface area contributed by atoms with E-state index in [1.165, 1.54) is 11.3 Å². The number of rotatable bonds is 7. The molecule has 6 nitrogen and oxygen atoms in total. The van der Waals surface area contributed by atoms with Crippen molar-refractivity contribution in [1.82, 2.24) is 14.8 Å². The second-order valence-corrected chi connectivity index (χ2v) is 7.66. The van der Waals surface area contributed by atoms with Crippen molar-refractivity contribution in [2.45, 2.75) is 6.92 Å². The molecule has 0 fully saturated rings. The lowest BCUT2D eigenvalue weighted by atomic mass is 10.2. The highest BCUT2D eigenvalue weighted by atomic mass is 79.9. The number of hydrogen-bond donors (Lipinski definition) is 1. The summed E-state index contributed by atoms with van der Waals surface area (Å²) >= 11 is 4.74. The minimum Gasteiger partial charge on any atom is -0.328 e. The Kier molecular flexibility index (Phi) is 7.10. The summed E-state index contributed by atoms with van der Waals surface area (Å²) in [7, 11) is 3.86. The number of amides is 2. The van der Waals surface area contributed by atoms with Gasteiger partial charge < -0.3 is 15.1 Å². The number of aryl methyl sites for hydroxylation is 1. The molecule has 25 heavy (non-hydrogen) atoms. The van der Waals surface area contributed by atoms with E-state index < -0.39 is 0 Å². The molecule has 0 bridgehead atoms. The van der Waals surface area contributed by atoms with Gasteiger partial charge in [-0.2, -0.15) is 0 Å². The molecule has 0 spiro atoms. The van der Waals surface area contributed by atoms with Gasteiger partial charge in [0.05, 0.1) is 5.69 Å². The molecule has 0 aliphatic rings. The number of halogens is 1. The molecule has 1 aromatic heterocycles. The summed E-state index contributed by atoms with van der Waals surface area (Å²) in [4.78, 5) is 32.9. The molecule has 0 radical (unpaired) electrons. The van der Waals surface area contributed by atoms with Crippen LogP contribution in [0.4, 0.5) is 5.13 Å². The van der Waals surface area contributed by atoms with E-state index in [2.05, 4.69) is 26.2 Å². The van der Waals surface area contributed by atoms with Gasteiger partial charge >= 0.3 is 0 Å². The predicted molar refractivity (Wildman–Crippen MR) is 104 cm³/mol. The Labute approximate surface area is 160 Å². The van der Waals surface area contributed by atoms with Gasteiger partial charge in [0.15, 0.2) is 5.13 Å². The van der Waals surface area contributed by atoms with Gasteiger partial charge in [-0.1, -0.05) is 22.0 Å². The fraction of sp³-hybridized carbons (Fsp3) is 0.353. The number of thiazole rings is 1. The van der Waals surface area contributed by atoms with Crippen LogP contribution >= 0.6 is 27.3 Å². The molecule has 0 saturated heterocycles. The number of anilines is 1. The van der Waals surface area contributed by atoms with E-state index in [-0.39, 0.29) is 18.4 Å². The summed E-state index contributed by atoms with van der Waals surface area (Å²) in [5, 5.41) is 5.16. The zero-order valence-corrected chi connectivity index (χ0v) is 16.9. The Balaban J connectivity index is 2.08. The molecular weight excluding hydrogens is 404 g/mol. The highest BCUT2D eigenvalue weighted by molar-refractivity contribution is 9.10. The molecule has 1 heterocycles. The highest BCUT2D eigenvalue weighted by Crippen LogP contribution is 2.16. The number of nitrogens with zero attached hydrogens (tertiary/aromatic N) is 3. The van der Waals surface area contributed by atoms with Crippen LogP contribution in [0.5, 0.6) is 0 Å². The molecule has 2 aromatic rings. The minimum atomic E-state index is -0.253. The predicted octanol–water partition coefficient (Wildman–Crippen LogP) is 2.86. The zero-order valence-electron chi connectivity index (χ0n) is 14.5. The van der Waals surface area contributed by atoms with Gasteiger partial charge in [0, 0.05) is 28.5 Å². The highest BCUT2D eigenvalue weighted by Gasteiger charge is 2.19. The maximum atomic E-state index is 12.8. The number of carbonyl (C=O) groups is 2. The number of hydrogen-bond acceptors (Lipinski definition) is 5. The molecule has 8 heteroatoms. The van der Waals surface area contributed by atoms with Crippen LogP contribution in [0.2, 0.25) is 0 Å². The summed E-state index contributed by atoms with van der Waals surface area (Å²) in [6.45, 7) is 2.98. The van der Waals surface area contributed by atoms with E-state index in [1.807, 2.05) is 37.4 Å². The third-order valence-electron chi connectivity index (χ3n) is 3.38. The standard InChI is InChI=1S/C17H21BrN4O2S/c1-12-11-25-17(19-12)20-15(23)10-22(8-7-21(2)3)16(24)13-5-4-6-14(18)9-13/h4-6,9,11H,7-8,10H2,1-3H3,(H,19,20,23). The van der Waals surface area contributed by atoms with Crippen LogP contribution in [-0.2, 0) is 4.79 Å². The van der Waals surface area contributed by atoms with Gasteiger partial charge in [-0.05, 0) is 39.2 Å². The van der Waals surface area contributed by atoms with Crippen LogP contribution in [0, 0.1) is 6.92 Å². The molecule has 0 saturated carbocycles. The molecule has 0 unspecified atom stereocenters. The fourth-order valence-corrected chi connectivity index (χ4v) is 3.22. The minimum absolute atomic E-state index is 0.0161. The number of carbonyl (C=O) groups excluding carboxylic acids is 2. The maximum absolute atomic E-state index is 12.8. The Hall–Kier alpha value is -1.77. The van der Waals surface area contributed by atoms with Crippen LogP contribution in [0.25, 0.3) is 0 Å². The van der Waals surface area contributed by atoms with Crippen molar-refractivity contribution in [3.8, 4) is 0 Å². The third kappa shape index (κ3) is 6.22. The van der Waals surface area contributed by atoms with Gasteiger partial charge in [0.1, 0.15) is 6.54 Å². The summed E-state index contributed by atoms with van der Waals surface area (Å²) in [5.41, 5.74) is 1.40. The molecule has 0 aliphatic carbocycles. The van der Waals surface area contributed by atoms with E-state index in [9.17, 15) is 9.59 Å². The van der Waals surface area contributed by atoms with Crippen molar-refractivity contribution in [3.05, 3.63) is 45.4 Å². The van der Waals surface area contributed by atoms with Gasteiger partial charge in [-0.25, -0.2) is 4.98 Å². The van der Waals surface area contributed by atoms with Crippen LogP contribution < -0.4 is 5.32 Å². The Bertz CT molecular complexity index is 748. The number of aromatic nitrogens is 1. The number of nitrogens with one attached hydrogen (secondary N) is 1. The van der Waals surface area contributed by atoms with E-state index in [4.69, 9.17) is 0 Å². The van der Waals surface area contributed by atoms with Gasteiger partial charge in [0.25, 0.3) is 5.91 Å². The summed E-state index contributed by atoms with van der Waals surface area (Å²) in [5.74, 6) is -0.426. The topological polar surface area (TPSA) is 65.5 Å². The smallest absolute Gasteiger partial charge is 0.254 e. The largest absolute Gasteiger partial charge is 0.328 e. The quantitative estimate of drug-likeness (QED) is 0.741. The van der Waals surface area contributed by atoms with Crippen LogP contribution in [0.1, 0.15) is 16.1 Å². The van der Waals surface area contributed by atoms with Crippen molar-refractivity contribution in [2.75, 3.05) is 39.0 Å². The first-order chi connectivity index (χ1) is 11.8. The molecule has 1 aromatic carbocycles. The van der Waals surface area contributed by atoms with Crippen LogP contribution in [-0.4, -0.2) is 60.3 Å². The maximum Gasteiger partial charge on any atom is 0.254 e. The monoisotopic (exact) mass is 424 g/mol. The fourth-order valence-electron chi connectivity index (χ4n) is 2.12. The van der Waals surface area contributed by atoms with Crippen LogP contribution in [0.3, 0.4) is 0 Å². The molecule has 0 aliphatic heterocycles.